The van der Waals surface area contributed by atoms with Crippen molar-refractivity contribution in [2.24, 2.45) is 0 Å². The molecule has 0 saturated heterocycles. The molecule has 0 radical (unpaired) electrons. The average molecular weight is 319 g/mol. The third-order valence-corrected chi connectivity index (χ3v) is 3.41. The summed E-state index contributed by atoms with van der Waals surface area (Å²) >= 11 is 0. The van der Waals surface area contributed by atoms with Crippen LogP contribution in [0.5, 0.6) is 6.01 Å². The second-order valence-corrected chi connectivity index (χ2v) is 5.08. The van der Waals surface area contributed by atoms with E-state index in [-0.39, 0.29) is 5.91 Å². The molecule has 1 amide bonds. The molecule has 1 heterocycles. The summed E-state index contributed by atoms with van der Waals surface area (Å²) < 4.78 is 5.17. The van der Waals surface area contributed by atoms with Gasteiger partial charge in [0.2, 0.25) is 0 Å². The minimum Gasteiger partial charge on any atom is -0.464 e. The third kappa shape index (κ3) is 3.76. The maximum absolute atomic E-state index is 12.3. The van der Waals surface area contributed by atoms with Gasteiger partial charge >= 0.3 is 6.01 Å². The highest BCUT2D eigenvalue weighted by Gasteiger charge is 2.07. The monoisotopic (exact) mass is 319 g/mol. The average Bonchev–Trinajstić information content (AvgIpc) is 2.64. The second-order valence-electron chi connectivity index (χ2n) is 5.08. The Kier molecular flexibility index (Phi) is 4.81. The normalized spacial score (nSPS) is 10.2. The van der Waals surface area contributed by atoms with Crippen LogP contribution in [0.25, 0.3) is 11.1 Å². The summed E-state index contributed by atoms with van der Waals surface area (Å²) in [5.74, 6) is -0.206. The number of ether oxygens (including phenoxy) is 1. The summed E-state index contributed by atoms with van der Waals surface area (Å²) in [5, 5.41) is 2.77. The molecule has 120 valence electrons. The zero-order valence-corrected chi connectivity index (χ0v) is 13.3. The van der Waals surface area contributed by atoms with Gasteiger partial charge in [0.25, 0.3) is 5.91 Å². The molecule has 1 N–H and O–H groups in total. The summed E-state index contributed by atoms with van der Waals surface area (Å²) in [6.45, 7) is 2.36. The van der Waals surface area contributed by atoms with Gasteiger partial charge in [0, 0.05) is 5.56 Å². The molecule has 3 rings (SSSR count). The number of carbonyl (C=O) groups excluding carboxylic acids is 1. The third-order valence-electron chi connectivity index (χ3n) is 3.41. The molecule has 0 aliphatic rings. The van der Waals surface area contributed by atoms with Crippen molar-refractivity contribution in [3.63, 3.8) is 0 Å². The molecule has 24 heavy (non-hydrogen) atoms. The Balaban J connectivity index is 1.69. The Hall–Kier alpha value is -3.21. The fraction of sp³-hybridized carbons (Fsp3) is 0.105. The zero-order chi connectivity index (χ0) is 16.8. The first-order chi connectivity index (χ1) is 11.8. The van der Waals surface area contributed by atoms with Gasteiger partial charge in [-0.15, -0.1) is 0 Å². The standard InChI is InChI=1S/C19H17N3O2/c1-2-24-19-20-12-17(13-21-19)22-18(23)16-10-8-15(9-11-16)14-6-4-3-5-7-14/h3-13H,2H2,1H3,(H,22,23). The molecular formula is C19H17N3O2. The Morgan fingerprint density at radius 1 is 0.958 bits per heavy atom. The van der Waals surface area contributed by atoms with Crippen molar-refractivity contribution >= 4 is 11.6 Å². The molecule has 0 spiro atoms. The smallest absolute Gasteiger partial charge is 0.316 e. The molecule has 0 bridgehead atoms. The van der Waals surface area contributed by atoms with Crippen LogP contribution in [0.1, 0.15) is 17.3 Å². The van der Waals surface area contributed by atoms with E-state index in [4.69, 9.17) is 4.74 Å². The molecule has 5 nitrogen and oxygen atoms in total. The number of carbonyl (C=O) groups is 1. The SMILES string of the molecule is CCOc1ncc(NC(=O)c2ccc(-c3ccccc3)cc2)cn1. The largest absolute Gasteiger partial charge is 0.464 e. The van der Waals surface area contributed by atoms with Crippen molar-refractivity contribution in [2.75, 3.05) is 11.9 Å². The van der Waals surface area contributed by atoms with Gasteiger partial charge in [0.1, 0.15) is 0 Å². The van der Waals surface area contributed by atoms with Crippen molar-refractivity contribution in [1.29, 1.82) is 0 Å². The molecule has 3 aromatic rings. The van der Waals surface area contributed by atoms with Gasteiger partial charge in [-0.2, -0.15) is 0 Å². The van der Waals surface area contributed by atoms with Crippen molar-refractivity contribution in [1.82, 2.24) is 9.97 Å². The molecular weight excluding hydrogens is 302 g/mol. The number of hydrogen-bond donors (Lipinski definition) is 1. The number of aromatic nitrogens is 2. The van der Waals surface area contributed by atoms with Crippen LogP contribution >= 0.6 is 0 Å². The molecule has 0 aliphatic heterocycles. The topological polar surface area (TPSA) is 64.1 Å². The van der Waals surface area contributed by atoms with Gasteiger partial charge in [0.15, 0.2) is 0 Å². The van der Waals surface area contributed by atoms with Crippen LogP contribution in [0.15, 0.2) is 67.0 Å². The van der Waals surface area contributed by atoms with Gasteiger partial charge in [0.05, 0.1) is 24.7 Å². The fourth-order valence-electron chi connectivity index (χ4n) is 2.23. The van der Waals surface area contributed by atoms with E-state index in [0.717, 1.165) is 11.1 Å². The van der Waals surface area contributed by atoms with Crippen LogP contribution in [0, 0.1) is 0 Å². The minimum atomic E-state index is -0.206. The summed E-state index contributed by atoms with van der Waals surface area (Å²) in [5.41, 5.74) is 3.28. The minimum absolute atomic E-state index is 0.206. The first kappa shape index (κ1) is 15.7. The Bertz CT molecular complexity index is 800. The highest BCUT2D eigenvalue weighted by Crippen LogP contribution is 2.19. The van der Waals surface area contributed by atoms with E-state index in [2.05, 4.69) is 15.3 Å². The van der Waals surface area contributed by atoms with Crippen LogP contribution in [0.2, 0.25) is 0 Å². The predicted molar refractivity (Wildman–Crippen MR) is 93.0 cm³/mol. The number of benzene rings is 2. The molecule has 5 heteroatoms. The van der Waals surface area contributed by atoms with Crippen LogP contribution in [-0.4, -0.2) is 22.5 Å². The van der Waals surface area contributed by atoms with E-state index < -0.39 is 0 Å². The van der Waals surface area contributed by atoms with Crippen molar-refractivity contribution in [3.05, 3.63) is 72.6 Å². The summed E-state index contributed by atoms with van der Waals surface area (Å²) in [4.78, 5) is 20.3. The molecule has 1 aromatic heterocycles. The summed E-state index contributed by atoms with van der Waals surface area (Å²) in [6, 6.07) is 17.8. The van der Waals surface area contributed by atoms with E-state index in [9.17, 15) is 4.79 Å². The van der Waals surface area contributed by atoms with Crippen molar-refractivity contribution in [2.45, 2.75) is 6.92 Å². The molecule has 0 aliphatic carbocycles. The van der Waals surface area contributed by atoms with Crippen LogP contribution in [-0.2, 0) is 0 Å². The molecule has 2 aromatic carbocycles. The van der Waals surface area contributed by atoms with Crippen molar-refractivity contribution in [3.8, 4) is 17.1 Å². The predicted octanol–water partition coefficient (Wildman–Crippen LogP) is 3.79. The fourth-order valence-corrected chi connectivity index (χ4v) is 2.23. The number of anilines is 1. The van der Waals surface area contributed by atoms with Crippen molar-refractivity contribution < 1.29 is 9.53 Å². The maximum atomic E-state index is 12.3. The maximum Gasteiger partial charge on any atom is 0.316 e. The Labute approximate surface area is 140 Å². The van der Waals surface area contributed by atoms with Gasteiger partial charge < -0.3 is 10.1 Å². The van der Waals surface area contributed by atoms with E-state index in [0.29, 0.717) is 23.9 Å². The summed E-state index contributed by atoms with van der Waals surface area (Å²) in [7, 11) is 0. The van der Waals surface area contributed by atoms with E-state index in [1.165, 1.54) is 12.4 Å². The second kappa shape index (κ2) is 7.37. The lowest BCUT2D eigenvalue weighted by Gasteiger charge is -2.07. The van der Waals surface area contributed by atoms with E-state index >= 15 is 0 Å². The number of rotatable bonds is 5. The lowest BCUT2D eigenvalue weighted by Crippen LogP contribution is -2.12. The first-order valence-corrected chi connectivity index (χ1v) is 7.68. The lowest BCUT2D eigenvalue weighted by molar-refractivity contribution is 0.102. The van der Waals surface area contributed by atoms with E-state index in [1.54, 1.807) is 12.1 Å². The van der Waals surface area contributed by atoms with Gasteiger partial charge in [-0.3, -0.25) is 4.79 Å². The molecule has 0 unspecified atom stereocenters. The Morgan fingerprint density at radius 2 is 1.58 bits per heavy atom. The summed E-state index contributed by atoms with van der Waals surface area (Å²) in [6.07, 6.45) is 3.04. The van der Waals surface area contributed by atoms with Gasteiger partial charge in [-0.25, -0.2) is 9.97 Å². The highest BCUT2D eigenvalue weighted by molar-refractivity contribution is 6.04. The first-order valence-electron chi connectivity index (χ1n) is 7.68. The lowest BCUT2D eigenvalue weighted by atomic mass is 10.0. The van der Waals surface area contributed by atoms with E-state index in [1.807, 2.05) is 49.4 Å². The number of nitrogens with one attached hydrogen (secondary N) is 1. The molecule has 0 saturated carbocycles. The van der Waals surface area contributed by atoms with Crippen LogP contribution in [0.3, 0.4) is 0 Å². The van der Waals surface area contributed by atoms with Gasteiger partial charge in [-0.1, -0.05) is 42.5 Å². The van der Waals surface area contributed by atoms with Crippen LogP contribution in [0.4, 0.5) is 5.69 Å². The highest BCUT2D eigenvalue weighted by atomic mass is 16.5. The molecule has 0 atom stereocenters. The Morgan fingerprint density at radius 3 is 2.21 bits per heavy atom. The van der Waals surface area contributed by atoms with Gasteiger partial charge in [-0.05, 0) is 30.2 Å². The molecule has 0 fully saturated rings. The number of amides is 1. The number of hydrogen-bond acceptors (Lipinski definition) is 4. The zero-order valence-electron chi connectivity index (χ0n) is 13.3. The number of nitrogens with zero attached hydrogens (tertiary/aromatic N) is 2. The van der Waals surface area contributed by atoms with Crippen LogP contribution < -0.4 is 10.1 Å². The quantitative estimate of drug-likeness (QED) is 0.777.